The van der Waals surface area contributed by atoms with Crippen molar-refractivity contribution in [3.63, 3.8) is 0 Å². The molecule has 1 unspecified atom stereocenters. The molecule has 1 aromatic heterocycles. The summed E-state index contributed by atoms with van der Waals surface area (Å²) in [5.74, 6) is 0. The topological polar surface area (TPSA) is 29.3 Å². The van der Waals surface area contributed by atoms with Crippen molar-refractivity contribution in [2.45, 2.75) is 19.5 Å². The van der Waals surface area contributed by atoms with Gasteiger partial charge in [0, 0.05) is 34.1 Å². The van der Waals surface area contributed by atoms with Gasteiger partial charge in [0.05, 0.1) is 0 Å². The van der Waals surface area contributed by atoms with Gasteiger partial charge in [-0.15, -0.1) is 11.3 Å². The lowest BCUT2D eigenvalue weighted by molar-refractivity contribution is 0.205. The minimum absolute atomic E-state index is 0.0771. The van der Waals surface area contributed by atoms with Crippen molar-refractivity contribution in [1.29, 1.82) is 0 Å². The number of hydrogen-bond donors (Lipinski definition) is 1. The Balaban J connectivity index is 2.26. The quantitative estimate of drug-likeness (QED) is 0.841. The highest BCUT2D eigenvalue weighted by molar-refractivity contribution is 7.09. The van der Waals surface area contributed by atoms with E-state index in [2.05, 4.69) is 29.3 Å². The Morgan fingerprint density at radius 2 is 2.10 bits per heavy atom. The average Bonchev–Trinajstić information content (AvgIpc) is 2.95. The second-order valence-corrected chi connectivity index (χ2v) is 6.44. The van der Waals surface area contributed by atoms with E-state index < -0.39 is 0 Å². The summed E-state index contributed by atoms with van der Waals surface area (Å²) in [4.78, 5) is 3.65. The Morgan fingerprint density at radius 1 is 1.30 bits per heavy atom. The van der Waals surface area contributed by atoms with E-state index in [0.29, 0.717) is 11.6 Å². The van der Waals surface area contributed by atoms with E-state index in [9.17, 15) is 0 Å². The number of thiophene rings is 1. The van der Waals surface area contributed by atoms with Crippen LogP contribution in [0.15, 0.2) is 35.7 Å². The molecule has 0 spiro atoms. The molecule has 2 nitrogen and oxygen atoms in total. The van der Waals surface area contributed by atoms with Crippen molar-refractivity contribution < 1.29 is 0 Å². The minimum atomic E-state index is 0.0771. The minimum Gasteiger partial charge on any atom is -0.329 e. The molecule has 0 radical (unpaired) electrons. The molecule has 0 amide bonds. The lowest BCUT2D eigenvalue weighted by Crippen LogP contribution is -2.33. The summed E-state index contributed by atoms with van der Waals surface area (Å²) in [6.45, 7) is 4.43. The maximum Gasteiger partial charge on any atom is 0.0489 e. The van der Waals surface area contributed by atoms with Gasteiger partial charge in [-0.05, 0) is 41.8 Å². The fraction of sp³-hybridized carbons (Fsp3) is 0.333. The highest BCUT2D eigenvalue weighted by Gasteiger charge is 2.21. The van der Waals surface area contributed by atoms with Crippen LogP contribution in [0, 0.1) is 0 Å². The second-order valence-electron chi connectivity index (χ2n) is 4.56. The largest absolute Gasteiger partial charge is 0.329 e. The van der Waals surface area contributed by atoms with Crippen LogP contribution >= 0.6 is 34.5 Å². The molecule has 0 fully saturated rings. The number of nitrogens with zero attached hydrogens (tertiary/aromatic N) is 1. The molecule has 20 heavy (non-hydrogen) atoms. The van der Waals surface area contributed by atoms with Crippen molar-refractivity contribution in [3.8, 4) is 0 Å². The van der Waals surface area contributed by atoms with Gasteiger partial charge >= 0.3 is 0 Å². The summed E-state index contributed by atoms with van der Waals surface area (Å²) >= 11 is 14.2. The molecule has 1 atom stereocenters. The van der Waals surface area contributed by atoms with E-state index >= 15 is 0 Å². The summed E-state index contributed by atoms with van der Waals surface area (Å²) in [6.07, 6.45) is 0. The van der Waals surface area contributed by atoms with Gasteiger partial charge in [-0.3, -0.25) is 4.90 Å². The molecule has 0 bridgehead atoms. The predicted molar refractivity (Wildman–Crippen MR) is 88.7 cm³/mol. The van der Waals surface area contributed by atoms with E-state index in [-0.39, 0.29) is 6.04 Å². The fourth-order valence-corrected chi connectivity index (χ4v) is 3.44. The first-order valence-corrected chi connectivity index (χ1v) is 8.20. The van der Waals surface area contributed by atoms with Crippen molar-refractivity contribution in [2.24, 2.45) is 5.73 Å². The molecular formula is C15H18Cl2N2S. The van der Waals surface area contributed by atoms with Gasteiger partial charge in [-0.25, -0.2) is 0 Å². The molecule has 2 N–H and O–H groups in total. The molecule has 2 aromatic rings. The Kier molecular flexibility index (Phi) is 5.87. The van der Waals surface area contributed by atoms with Gasteiger partial charge in [0.1, 0.15) is 0 Å². The highest BCUT2D eigenvalue weighted by Crippen LogP contribution is 2.30. The number of likely N-dealkylation sites (N-methyl/N-ethyl adjacent to an activating group) is 1. The maximum absolute atomic E-state index is 6.31. The standard InChI is InChI=1S/C15H18Cl2N2S/c1-2-19(10-12-4-3-7-20-12)15(9-18)13-8-11(16)5-6-14(13)17/h3-8,15H,2,9-10,18H2,1H3. The predicted octanol–water partition coefficient (Wildman–Crippen LogP) is 4.58. The number of halogens is 2. The second kappa shape index (κ2) is 7.43. The van der Waals surface area contributed by atoms with E-state index in [4.69, 9.17) is 28.9 Å². The average molecular weight is 329 g/mol. The third-order valence-electron chi connectivity index (χ3n) is 3.33. The lowest BCUT2D eigenvalue weighted by atomic mass is 10.0. The van der Waals surface area contributed by atoms with E-state index in [0.717, 1.165) is 23.7 Å². The zero-order valence-corrected chi connectivity index (χ0v) is 13.7. The summed E-state index contributed by atoms with van der Waals surface area (Å²) < 4.78 is 0. The Bertz CT molecular complexity index is 543. The molecule has 1 heterocycles. The summed E-state index contributed by atoms with van der Waals surface area (Å²) in [5, 5.41) is 3.50. The van der Waals surface area contributed by atoms with Gasteiger partial charge in [-0.2, -0.15) is 0 Å². The maximum atomic E-state index is 6.31. The fourth-order valence-electron chi connectivity index (χ4n) is 2.29. The third kappa shape index (κ3) is 3.74. The Hall–Kier alpha value is -0.580. The zero-order valence-electron chi connectivity index (χ0n) is 11.4. The zero-order chi connectivity index (χ0) is 14.5. The molecular weight excluding hydrogens is 311 g/mol. The van der Waals surface area contributed by atoms with Gasteiger partial charge in [0.15, 0.2) is 0 Å². The van der Waals surface area contributed by atoms with Crippen molar-refractivity contribution in [2.75, 3.05) is 13.1 Å². The first-order valence-electron chi connectivity index (χ1n) is 6.57. The molecule has 0 saturated heterocycles. The van der Waals surface area contributed by atoms with Crippen molar-refractivity contribution in [3.05, 3.63) is 56.2 Å². The van der Waals surface area contributed by atoms with Gasteiger partial charge in [0.25, 0.3) is 0 Å². The van der Waals surface area contributed by atoms with E-state index in [1.54, 1.807) is 17.4 Å². The van der Waals surface area contributed by atoms with Crippen LogP contribution in [-0.4, -0.2) is 18.0 Å². The van der Waals surface area contributed by atoms with E-state index in [1.165, 1.54) is 4.88 Å². The van der Waals surface area contributed by atoms with Gasteiger partial charge in [0.2, 0.25) is 0 Å². The molecule has 2 rings (SSSR count). The van der Waals surface area contributed by atoms with Crippen LogP contribution in [0.25, 0.3) is 0 Å². The number of benzene rings is 1. The molecule has 0 aliphatic carbocycles. The summed E-state index contributed by atoms with van der Waals surface area (Å²) in [7, 11) is 0. The lowest BCUT2D eigenvalue weighted by Gasteiger charge is -2.30. The number of hydrogen-bond acceptors (Lipinski definition) is 3. The summed E-state index contributed by atoms with van der Waals surface area (Å²) in [6, 6.07) is 9.84. The van der Waals surface area contributed by atoms with Crippen LogP contribution in [0.3, 0.4) is 0 Å². The molecule has 0 saturated carbocycles. The molecule has 108 valence electrons. The third-order valence-corrected chi connectivity index (χ3v) is 4.77. The highest BCUT2D eigenvalue weighted by atomic mass is 35.5. The molecule has 1 aromatic carbocycles. The van der Waals surface area contributed by atoms with Gasteiger partial charge < -0.3 is 5.73 Å². The molecule has 5 heteroatoms. The van der Waals surface area contributed by atoms with Crippen molar-refractivity contribution >= 4 is 34.5 Å². The normalized spacial score (nSPS) is 12.8. The van der Waals surface area contributed by atoms with Crippen LogP contribution in [0.2, 0.25) is 10.0 Å². The first-order chi connectivity index (χ1) is 9.65. The molecule has 0 aliphatic heterocycles. The summed E-state index contributed by atoms with van der Waals surface area (Å²) in [5.41, 5.74) is 6.99. The van der Waals surface area contributed by atoms with E-state index in [1.807, 2.05) is 12.1 Å². The van der Waals surface area contributed by atoms with Crippen LogP contribution in [0.5, 0.6) is 0 Å². The van der Waals surface area contributed by atoms with Crippen LogP contribution in [0.4, 0.5) is 0 Å². The monoisotopic (exact) mass is 328 g/mol. The van der Waals surface area contributed by atoms with Crippen LogP contribution in [-0.2, 0) is 6.54 Å². The number of rotatable bonds is 6. The first kappa shape index (κ1) is 15.8. The Morgan fingerprint density at radius 3 is 2.70 bits per heavy atom. The van der Waals surface area contributed by atoms with Crippen molar-refractivity contribution in [1.82, 2.24) is 4.90 Å². The Labute approximate surface area is 134 Å². The SMILES string of the molecule is CCN(Cc1cccs1)C(CN)c1cc(Cl)ccc1Cl. The number of nitrogens with two attached hydrogens (primary N) is 1. The van der Waals surface area contributed by atoms with Gasteiger partial charge in [-0.1, -0.05) is 36.2 Å². The van der Waals surface area contributed by atoms with Crippen LogP contribution in [0.1, 0.15) is 23.4 Å². The smallest absolute Gasteiger partial charge is 0.0489 e. The van der Waals surface area contributed by atoms with Crippen LogP contribution < -0.4 is 5.73 Å². The molecule has 0 aliphatic rings.